The number of rotatable bonds is 5. The van der Waals surface area contributed by atoms with Crippen molar-refractivity contribution < 1.29 is 9.53 Å². The highest BCUT2D eigenvalue weighted by Crippen LogP contribution is 2.22. The number of carbonyl (C=O) groups excluding carboxylic acids is 1. The van der Waals surface area contributed by atoms with Crippen LogP contribution in [0.1, 0.15) is 42.6 Å². The van der Waals surface area contributed by atoms with Crippen LogP contribution in [0.2, 0.25) is 0 Å². The lowest BCUT2D eigenvalue weighted by Gasteiger charge is -2.28. The molecule has 136 valence electrons. The predicted octanol–water partition coefficient (Wildman–Crippen LogP) is 3.61. The molecule has 1 heterocycles. The summed E-state index contributed by atoms with van der Waals surface area (Å²) in [5.41, 5.74) is 2.85. The van der Waals surface area contributed by atoms with Gasteiger partial charge in [0.1, 0.15) is 6.10 Å². The van der Waals surface area contributed by atoms with Crippen molar-refractivity contribution in [3.05, 3.63) is 59.4 Å². The van der Waals surface area contributed by atoms with Crippen LogP contribution in [-0.2, 0) is 4.79 Å². The Morgan fingerprint density at radius 2 is 1.73 bits per heavy atom. The predicted molar refractivity (Wildman–Crippen MR) is 102 cm³/mol. The Bertz CT molecular complexity index is 746. The lowest BCUT2D eigenvalue weighted by molar-refractivity contribution is -0.117. The molecule has 5 heteroatoms. The van der Waals surface area contributed by atoms with Crippen molar-refractivity contribution in [2.75, 3.05) is 0 Å². The van der Waals surface area contributed by atoms with Gasteiger partial charge in [-0.1, -0.05) is 30.3 Å². The van der Waals surface area contributed by atoms with Crippen molar-refractivity contribution >= 4 is 12.0 Å². The summed E-state index contributed by atoms with van der Waals surface area (Å²) < 4.78 is 5.93. The van der Waals surface area contributed by atoms with Crippen molar-refractivity contribution in [1.29, 1.82) is 0 Å². The third-order valence-electron chi connectivity index (χ3n) is 4.48. The average Bonchev–Trinajstić information content (AvgIpc) is 2.62. The molecule has 0 radical (unpaired) electrons. The van der Waals surface area contributed by atoms with Crippen LogP contribution in [0.25, 0.3) is 6.08 Å². The lowest BCUT2D eigenvalue weighted by atomic mass is 9.93. The monoisotopic (exact) mass is 351 g/mol. The van der Waals surface area contributed by atoms with Crippen LogP contribution < -0.4 is 10.1 Å². The topological polar surface area (TPSA) is 64.1 Å². The van der Waals surface area contributed by atoms with E-state index in [0.29, 0.717) is 6.01 Å². The van der Waals surface area contributed by atoms with E-state index in [1.54, 1.807) is 6.08 Å². The largest absolute Gasteiger partial charge is 0.460 e. The zero-order valence-corrected chi connectivity index (χ0v) is 15.3. The Hall–Kier alpha value is -2.69. The molecule has 5 nitrogen and oxygen atoms in total. The van der Waals surface area contributed by atoms with Crippen LogP contribution >= 0.6 is 0 Å². The van der Waals surface area contributed by atoms with E-state index in [4.69, 9.17) is 4.74 Å². The van der Waals surface area contributed by atoms with Crippen LogP contribution in [0.5, 0.6) is 6.01 Å². The Labute approximate surface area is 154 Å². The standard InChI is InChI=1S/C21H25N3O2/c1-15-14-16(2)23-21(22-15)26-19-11-9-18(10-12-19)24-20(25)13-8-17-6-4-3-5-7-17/h3-8,13-14,18-19H,9-12H2,1-2H3,(H,24,25)/b13-8+. The van der Waals surface area contributed by atoms with E-state index in [2.05, 4.69) is 15.3 Å². The maximum absolute atomic E-state index is 12.1. The fourth-order valence-corrected chi connectivity index (χ4v) is 3.21. The molecule has 0 atom stereocenters. The van der Waals surface area contributed by atoms with Gasteiger partial charge in [0.2, 0.25) is 5.91 Å². The SMILES string of the molecule is Cc1cc(C)nc(OC2CCC(NC(=O)/C=C/c3ccccc3)CC2)n1. The van der Waals surface area contributed by atoms with Gasteiger partial charge in [-0.2, -0.15) is 0 Å². The summed E-state index contributed by atoms with van der Waals surface area (Å²) in [6.07, 6.45) is 7.14. The van der Waals surface area contributed by atoms with E-state index >= 15 is 0 Å². The molecule has 1 aromatic carbocycles. The quantitative estimate of drug-likeness (QED) is 0.836. The second kappa shape index (κ2) is 8.61. The van der Waals surface area contributed by atoms with Gasteiger partial charge >= 0.3 is 6.01 Å². The summed E-state index contributed by atoms with van der Waals surface area (Å²) in [6, 6.07) is 12.4. The summed E-state index contributed by atoms with van der Waals surface area (Å²) in [7, 11) is 0. The van der Waals surface area contributed by atoms with Crippen LogP contribution in [-0.4, -0.2) is 28.0 Å². The first-order valence-electron chi connectivity index (χ1n) is 9.11. The van der Waals surface area contributed by atoms with Gasteiger partial charge < -0.3 is 10.1 Å². The molecule has 2 aromatic rings. The zero-order chi connectivity index (χ0) is 18.4. The van der Waals surface area contributed by atoms with Gasteiger partial charge in [0.05, 0.1) is 0 Å². The lowest BCUT2D eigenvalue weighted by Crippen LogP contribution is -2.39. The first-order valence-corrected chi connectivity index (χ1v) is 9.11. The molecule has 0 unspecified atom stereocenters. The minimum atomic E-state index is -0.0455. The van der Waals surface area contributed by atoms with Gasteiger partial charge in [0, 0.05) is 23.5 Å². The molecule has 1 saturated carbocycles. The molecule has 1 N–H and O–H groups in total. The Morgan fingerprint density at radius 3 is 2.38 bits per heavy atom. The van der Waals surface area contributed by atoms with Gasteiger partial charge in [0.15, 0.2) is 0 Å². The van der Waals surface area contributed by atoms with Crippen molar-refractivity contribution in [3.8, 4) is 6.01 Å². The number of aryl methyl sites for hydroxylation is 2. The third kappa shape index (κ3) is 5.41. The van der Waals surface area contributed by atoms with Crippen LogP contribution in [0.3, 0.4) is 0 Å². The van der Waals surface area contributed by atoms with E-state index < -0.39 is 0 Å². The van der Waals surface area contributed by atoms with Crippen molar-refractivity contribution in [2.24, 2.45) is 0 Å². The van der Waals surface area contributed by atoms with Crippen LogP contribution in [0.4, 0.5) is 0 Å². The zero-order valence-electron chi connectivity index (χ0n) is 15.3. The van der Waals surface area contributed by atoms with E-state index in [9.17, 15) is 4.79 Å². The number of aromatic nitrogens is 2. The minimum Gasteiger partial charge on any atom is -0.460 e. The molecular formula is C21H25N3O2. The summed E-state index contributed by atoms with van der Waals surface area (Å²) in [5.74, 6) is -0.0455. The van der Waals surface area contributed by atoms with Crippen LogP contribution in [0, 0.1) is 13.8 Å². The maximum atomic E-state index is 12.1. The number of carbonyl (C=O) groups is 1. The first kappa shape index (κ1) is 18.1. The molecule has 1 fully saturated rings. The summed E-state index contributed by atoms with van der Waals surface area (Å²) >= 11 is 0. The molecule has 26 heavy (non-hydrogen) atoms. The Balaban J connectivity index is 1.44. The van der Waals surface area contributed by atoms with Gasteiger partial charge in [-0.05, 0) is 57.2 Å². The van der Waals surface area contributed by atoms with Gasteiger partial charge in [-0.3, -0.25) is 4.79 Å². The summed E-state index contributed by atoms with van der Waals surface area (Å²) in [6.45, 7) is 3.88. The van der Waals surface area contributed by atoms with Gasteiger partial charge in [-0.25, -0.2) is 9.97 Å². The van der Waals surface area contributed by atoms with Crippen molar-refractivity contribution in [3.63, 3.8) is 0 Å². The Kier molecular flexibility index (Phi) is 6.00. The smallest absolute Gasteiger partial charge is 0.317 e. The maximum Gasteiger partial charge on any atom is 0.317 e. The third-order valence-corrected chi connectivity index (χ3v) is 4.48. The van der Waals surface area contributed by atoms with Crippen molar-refractivity contribution in [1.82, 2.24) is 15.3 Å². The van der Waals surface area contributed by atoms with Crippen molar-refractivity contribution in [2.45, 2.75) is 51.7 Å². The highest BCUT2D eigenvalue weighted by atomic mass is 16.5. The highest BCUT2D eigenvalue weighted by Gasteiger charge is 2.23. The molecule has 1 aromatic heterocycles. The molecule has 1 aliphatic carbocycles. The number of hydrogen-bond acceptors (Lipinski definition) is 4. The molecule has 1 aliphatic rings. The first-order chi connectivity index (χ1) is 12.6. The van der Waals surface area contributed by atoms with E-state index in [1.807, 2.05) is 56.3 Å². The number of nitrogens with zero attached hydrogens (tertiary/aromatic N) is 2. The molecule has 0 aliphatic heterocycles. The molecular weight excluding hydrogens is 326 g/mol. The van der Waals surface area contributed by atoms with Crippen LogP contribution in [0.15, 0.2) is 42.5 Å². The number of benzene rings is 1. The van der Waals surface area contributed by atoms with Gasteiger partial charge in [0.25, 0.3) is 0 Å². The second-order valence-electron chi connectivity index (χ2n) is 6.78. The molecule has 1 amide bonds. The number of hydrogen-bond donors (Lipinski definition) is 1. The Morgan fingerprint density at radius 1 is 1.08 bits per heavy atom. The minimum absolute atomic E-state index is 0.0455. The molecule has 0 saturated heterocycles. The summed E-state index contributed by atoms with van der Waals surface area (Å²) in [5, 5.41) is 3.08. The fourth-order valence-electron chi connectivity index (χ4n) is 3.21. The van der Waals surface area contributed by atoms with E-state index in [0.717, 1.165) is 42.6 Å². The number of amides is 1. The molecule has 3 rings (SSSR count). The molecule has 0 spiro atoms. The summed E-state index contributed by atoms with van der Waals surface area (Å²) in [4.78, 5) is 20.8. The number of nitrogens with one attached hydrogen (secondary N) is 1. The van der Waals surface area contributed by atoms with E-state index in [1.165, 1.54) is 0 Å². The number of ether oxygens (including phenoxy) is 1. The fraction of sp³-hybridized carbons (Fsp3) is 0.381. The average molecular weight is 351 g/mol. The van der Waals surface area contributed by atoms with E-state index in [-0.39, 0.29) is 18.1 Å². The molecule has 0 bridgehead atoms. The second-order valence-corrected chi connectivity index (χ2v) is 6.78. The normalized spacial score (nSPS) is 20.1. The highest BCUT2D eigenvalue weighted by molar-refractivity contribution is 5.91. The van der Waals surface area contributed by atoms with Gasteiger partial charge in [-0.15, -0.1) is 0 Å².